The first kappa shape index (κ1) is 70.2. The molecule has 436 valence electrons. The summed E-state index contributed by atoms with van der Waals surface area (Å²) < 4.78 is 71.9. The van der Waals surface area contributed by atoms with Crippen molar-refractivity contribution < 1.29 is 87.6 Å². The molecule has 14 aromatic rings. The smallest absolute Gasteiger partial charge is 0.0464 e. The molecule has 3 atom stereocenters. The van der Waals surface area contributed by atoms with Crippen molar-refractivity contribution in [2.24, 2.45) is 11.5 Å². The number of hydrogen-bond donors (Lipinski definition) is 3. The Bertz CT molecular complexity index is 4950. The molecule has 10 aromatic carbocycles. The summed E-state index contributed by atoms with van der Waals surface area (Å²) in [5.41, 5.74) is 21.8. The molecule has 0 saturated heterocycles. The van der Waals surface area contributed by atoms with Crippen molar-refractivity contribution in [1.29, 1.82) is 0 Å². The van der Waals surface area contributed by atoms with E-state index in [1.165, 1.54) is 117 Å². The van der Waals surface area contributed by atoms with Gasteiger partial charge in [0.2, 0.25) is 0 Å². The normalized spacial score (nSPS) is 14.1. The Morgan fingerprint density at radius 1 is 0.483 bits per heavy atom. The first-order chi connectivity index (χ1) is 42.5. The van der Waals surface area contributed by atoms with Gasteiger partial charge in [-0.3, -0.25) is 0 Å². The molecule has 21 heteroatoms. The molecule has 1 saturated carbocycles. The monoisotopic (exact) mass is 1430 g/mol. The van der Waals surface area contributed by atoms with Crippen LogP contribution < -0.4 is 73.0 Å². The quantitative estimate of drug-likeness (QED) is 0.0470. The molecule has 15 rings (SSSR count). The fourth-order valence-electron chi connectivity index (χ4n) is 11.3. The van der Waals surface area contributed by atoms with E-state index in [1.54, 1.807) is 24.3 Å². The Morgan fingerprint density at radius 3 is 1.20 bits per heavy atom. The van der Waals surface area contributed by atoms with Gasteiger partial charge in [0.1, 0.15) is 0 Å². The Balaban J connectivity index is 0.000000152. The zero-order chi connectivity index (χ0) is 62.3. The van der Waals surface area contributed by atoms with Crippen molar-refractivity contribution in [1.82, 2.24) is 17.5 Å². The van der Waals surface area contributed by atoms with Crippen LogP contribution in [0.3, 0.4) is 0 Å². The predicted octanol–water partition coefficient (Wildman–Crippen LogP) is 10.5. The van der Waals surface area contributed by atoms with Gasteiger partial charge in [-0.1, -0.05) is 157 Å². The average Bonchev–Trinajstić information content (AvgIpc) is 1.84. The van der Waals surface area contributed by atoms with Crippen LogP contribution in [-0.2, 0) is 29.3 Å². The Kier molecular flexibility index (Phi) is 25.1. The Morgan fingerprint density at radius 2 is 0.809 bits per heavy atom. The van der Waals surface area contributed by atoms with Crippen molar-refractivity contribution >= 4 is 201 Å². The number of fused-ring (bicyclic) bond motifs is 12. The molecule has 4 heterocycles. The fourth-order valence-corrected chi connectivity index (χ4v) is 14.9. The summed E-state index contributed by atoms with van der Waals surface area (Å²) in [6.45, 7) is 3.89. The molecule has 0 radical (unpaired) electrons. The van der Waals surface area contributed by atoms with Gasteiger partial charge in [0.15, 0.2) is 0 Å². The molecule has 5 N–H and O–H groups in total. The van der Waals surface area contributed by atoms with Gasteiger partial charge < -0.3 is 31.2 Å². The average molecular weight is 1430 g/mol. The van der Waals surface area contributed by atoms with Crippen LogP contribution in [0.4, 0.5) is 0 Å². The molecular formula is C68H59IK3N6O8PS2. The van der Waals surface area contributed by atoms with Gasteiger partial charge >= 0.3 is 123 Å². The third kappa shape index (κ3) is 15.5. The fraction of sp³-hybridized carbons (Fsp3) is 0.118. The van der Waals surface area contributed by atoms with E-state index in [2.05, 4.69) is 140 Å². The minimum Gasteiger partial charge on any atom is -0.355 e. The van der Waals surface area contributed by atoms with Gasteiger partial charge in [-0.25, -0.2) is 29.5 Å². The minimum atomic E-state index is -3.79. The number of aromatic amines is 1. The molecule has 0 spiro atoms. The third-order valence-corrected chi connectivity index (χ3v) is 19.8. The summed E-state index contributed by atoms with van der Waals surface area (Å²) in [5, 5.41) is 17.2. The van der Waals surface area contributed by atoms with Crippen molar-refractivity contribution in [3.63, 3.8) is 0 Å². The van der Waals surface area contributed by atoms with Gasteiger partial charge in [0, 0.05) is 75.5 Å². The van der Waals surface area contributed by atoms with Crippen LogP contribution in [0.2, 0.25) is 0 Å². The zero-order valence-electron chi connectivity index (χ0n) is 49.8. The van der Waals surface area contributed by atoms with E-state index in [0.29, 0.717) is 27.0 Å². The van der Waals surface area contributed by atoms with E-state index in [-0.39, 0.29) is 68.4 Å². The third-order valence-electron chi connectivity index (χ3n) is 15.5. The van der Waals surface area contributed by atoms with Gasteiger partial charge in [0.25, 0.3) is 20.0 Å². The summed E-state index contributed by atoms with van der Waals surface area (Å²) in [7, 11) is -10.6. The Hall–Kier alpha value is -3.16. The van der Waals surface area contributed by atoms with Gasteiger partial charge in [0.05, 0.1) is 42.9 Å². The summed E-state index contributed by atoms with van der Waals surface area (Å²) in [6, 6.07) is 75.3. The number of benzene rings is 10. The molecule has 14 nitrogen and oxygen atoms in total. The number of hydrogen-bond acceptors (Lipinski definition) is 10. The molecule has 0 amide bonds. The van der Waals surface area contributed by atoms with Crippen LogP contribution >= 0.6 is 30.8 Å². The van der Waals surface area contributed by atoms with Crippen molar-refractivity contribution in [2.45, 2.75) is 61.4 Å². The van der Waals surface area contributed by atoms with Crippen LogP contribution in [-0.4, -0.2) is 110 Å². The largest absolute Gasteiger partial charge is 0.355 e. The molecule has 1 aliphatic carbocycles. The van der Waals surface area contributed by atoms with Crippen LogP contribution in [0.5, 0.6) is 0 Å². The zero-order valence-corrected chi connectivity index (χ0v) is 63.9. The van der Waals surface area contributed by atoms with E-state index < -0.39 is 28.3 Å². The second kappa shape index (κ2) is 31.8. The summed E-state index contributed by atoms with van der Waals surface area (Å²) in [4.78, 5) is 12.8. The molecule has 1 fully saturated rings. The summed E-state index contributed by atoms with van der Waals surface area (Å²) >= 11 is 4.75. The maximum absolute atomic E-state index is 13.9. The summed E-state index contributed by atoms with van der Waals surface area (Å²) in [5.74, 6) is 0. The van der Waals surface area contributed by atoms with Crippen LogP contribution in [0.25, 0.3) is 92.9 Å². The number of nitrogens with two attached hydrogens (primary N) is 2. The molecule has 1 aliphatic rings. The van der Waals surface area contributed by atoms with Gasteiger partial charge in [-0.05, 0) is 151 Å². The SMILES string of the molecule is Cc1ccc(S(=O)(=O)n2c3ccccc3c3cc(-n4c5ccccc5c5ccccc54)ccc32)cc1.Cc1ccc(S(=O)(=O)n2c3ccccc3c3cc(I)ccc32)cc1.N[C@@H]1CCCC[C@@H]1N.O=[P+]([O-])O[O-].[K+].[K][K].c1ccc2c(c1)[nH]c1ccccc12. The van der Waals surface area contributed by atoms with E-state index >= 15 is 0 Å². The maximum Gasteiger partial charge on any atom is 0.0464 e. The molecule has 1 unspecified atom stereocenters. The van der Waals surface area contributed by atoms with Gasteiger partial charge in [-0.2, -0.15) is 0 Å². The van der Waals surface area contributed by atoms with Crippen molar-refractivity contribution in [2.75, 3.05) is 0 Å². The second-order valence-corrected chi connectivity index (χ2v) is 26.5. The number of aryl methyl sites for hydroxylation is 2. The van der Waals surface area contributed by atoms with Crippen molar-refractivity contribution in [3.8, 4) is 5.69 Å². The van der Waals surface area contributed by atoms with E-state index in [0.717, 1.165) is 65.8 Å². The van der Waals surface area contributed by atoms with Crippen LogP contribution in [0, 0.1) is 17.4 Å². The second-order valence-electron chi connectivity index (χ2n) is 21.1. The number of H-pyrrole nitrogens is 1. The van der Waals surface area contributed by atoms with E-state index in [1.807, 2.05) is 117 Å². The molecule has 0 bridgehead atoms. The van der Waals surface area contributed by atoms with E-state index in [4.69, 9.17) is 26.2 Å². The molecule has 0 aliphatic heterocycles. The predicted molar refractivity (Wildman–Crippen MR) is 364 cm³/mol. The number of aromatic nitrogens is 4. The minimum absolute atomic E-state index is 0. The number of rotatable bonds is 6. The molecule has 4 aromatic heterocycles. The van der Waals surface area contributed by atoms with Gasteiger partial charge in [-0.15, -0.1) is 0 Å². The van der Waals surface area contributed by atoms with E-state index in [9.17, 15) is 16.8 Å². The number of halogens is 1. The molecular weight excluding hydrogens is 1370 g/mol. The van der Waals surface area contributed by atoms with Crippen LogP contribution in [0.15, 0.2) is 240 Å². The molecule has 89 heavy (non-hydrogen) atoms. The first-order valence-electron chi connectivity index (χ1n) is 28.8. The van der Waals surface area contributed by atoms with Crippen LogP contribution in [0.1, 0.15) is 36.8 Å². The number of para-hydroxylation sites is 6. The van der Waals surface area contributed by atoms with Crippen molar-refractivity contribution in [3.05, 3.63) is 245 Å². The Labute approximate surface area is 619 Å². The summed E-state index contributed by atoms with van der Waals surface area (Å²) in [6.07, 6.45) is 4.80. The number of nitrogens with one attached hydrogen (secondary N) is 1. The standard InChI is InChI=1S/C31H22N2O2S.C19H14INO2S.C12H9N.C6H14N2.3K.HO4P/c1-21-14-17-23(18-15-21)36(34,35)33-30-13-7-4-10-26(30)27-20-22(16-19-31(27)33)32-28-11-5-2-8-24(28)25-9-3-6-12-29(25)32;1-13-6-9-15(10-7-13)24(22,23)21-18-5-3-2-4-16(18)17-12-14(20)8-11-19(17)21;1-3-7-11-9(5-1)10-6-2-4-8-12(10)13-11;7-5-3-1-2-4-6(5)8;;;;1-4-5(2)3/h2-20H,1H3;2-12H,1H3;1-8,13H;5-6H,1-4,7-8H2;;;;1H/q;;;;;;+1;/p-1/t;;;5-,6+;;;;. The first-order valence-corrected chi connectivity index (χ1v) is 49.9. The topological polar surface area (TPSA) is 223 Å². The number of nitrogens with zero attached hydrogens (tertiary/aromatic N) is 3. The maximum atomic E-state index is 13.9.